The van der Waals surface area contributed by atoms with Crippen LogP contribution in [0.25, 0.3) is 11.3 Å². The number of amides is 1. The van der Waals surface area contributed by atoms with Gasteiger partial charge >= 0.3 is 0 Å². The summed E-state index contributed by atoms with van der Waals surface area (Å²) >= 11 is 1.72. The summed E-state index contributed by atoms with van der Waals surface area (Å²) in [4.78, 5) is 16.5. The van der Waals surface area contributed by atoms with Gasteiger partial charge < -0.3 is 4.90 Å². The average molecular weight is 392 g/mol. The van der Waals surface area contributed by atoms with Gasteiger partial charge in [-0.25, -0.2) is 0 Å². The second kappa shape index (κ2) is 6.82. The third kappa shape index (κ3) is 3.04. The lowest BCUT2D eigenvalue weighted by Gasteiger charge is -2.37. The van der Waals surface area contributed by atoms with Crippen molar-refractivity contribution in [2.75, 3.05) is 6.26 Å². The maximum Gasteiger partial charge on any atom is 0.273 e. The molecule has 0 saturated carbocycles. The fraction of sp³-hybridized carbons (Fsp3) is 0.304. The zero-order valence-electron chi connectivity index (χ0n) is 16.9. The van der Waals surface area contributed by atoms with Crippen molar-refractivity contribution < 1.29 is 4.79 Å². The number of aromatic nitrogens is 2. The quantitative estimate of drug-likeness (QED) is 0.604. The first kappa shape index (κ1) is 18.8. The number of nitrogens with one attached hydrogen (secondary N) is 1. The largest absolute Gasteiger partial charge is 0.321 e. The van der Waals surface area contributed by atoms with Gasteiger partial charge in [0, 0.05) is 21.6 Å². The molecule has 1 aliphatic rings. The number of benzene rings is 2. The highest BCUT2D eigenvalue weighted by atomic mass is 32.2. The van der Waals surface area contributed by atoms with E-state index in [0.29, 0.717) is 5.69 Å². The molecule has 0 spiro atoms. The standard InChI is InChI=1S/C23H25N3OS/c1-14-6-8-15(9-7-14)19-18-20(25-24-19)22(27)26(23(2,3)4)21(18)16-10-12-17(28-5)13-11-16/h6-13,21H,1-5H3,(H,24,25). The summed E-state index contributed by atoms with van der Waals surface area (Å²) in [6, 6.07) is 16.6. The zero-order chi connectivity index (χ0) is 20.1. The second-order valence-electron chi connectivity index (χ2n) is 8.25. The van der Waals surface area contributed by atoms with Gasteiger partial charge in [-0.1, -0.05) is 42.0 Å². The van der Waals surface area contributed by atoms with Gasteiger partial charge in [-0.15, -0.1) is 11.8 Å². The van der Waals surface area contributed by atoms with Crippen LogP contribution in [0.1, 0.15) is 54.0 Å². The van der Waals surface area contributed by atoms with E-state index in [1.807, 2.05) is 4.90 Å². The third-order valence-electron chi connectivity index (χ3n) is 5.25. The third-order valence-corrected chi connectivity index (χ3v) is 5.99. The predicted molar refractivity (Wildman–Crippen MR) is 115 cm³/mol. The van der Waals surface area contributed by atoms with Crippen molar-refractivity contribution in [3.63, 3.8) is 0 Å². The monoisotopic (exact) mass is 391 g/mol. The van der Waals surface area contributed by atoms with E-state index in [0.717, 1.165) is 22.4 Å². The second-order valence-corrected chi connectivity index (χ2v) is 9.13. The Balaban J connectivity index is 1.90. The van der Waals surface area contributed by atoms with Crippen molar-refractivity contribution in [3.05, 3.63) is 70.9 Å². The van der Waals surface area contributed by atoms with Crippen LogP contribution in [0.3, 0.4) is 0 Å². The molecule has 4 nitrogen and oxygen atoms in total. The van der Waals surface area contributed by atoms with Gasteiger partial charge in [-0.05, 0) is 51.6 Å². The smallest absolute Gasteiger partial charge is 0.273 e. The molecule has 1 atom stereocenters. The van der Waals surface area contributed by atoms with Crippen molar-refractivity contribution in [2.24, 2.45) is 0 Å². The molecule has 2 heterocycles. The van der Waals surface area contributed by atoms with Gasteiger partial charge in [0.05, 0.1) is 11.7 Å². The number of fused-ring (bicyclic) bond motifs is 1. The summed E-state index contributed by atoms with van der Waals surface area (Å²) < 4.78 is 0. The molecule has 144 valence electrons. The Hall–Kier alpha value is -2.53. The van der Waals surface area contributed by atoms with Crippen LogP contribution in [0.2, 0.25) is 0 Å². The van der Waals surface area contributed by atoms with Gasteiger partial charge in [0.2, 0.25) is 0 Å². The summed E-state index contributed by atoms with van der Waals surface area (Å²) in [5, 5.41) is 7.57. The maximum atomic E-state index is 13.3. The molecule has 4 rings (SSSR count). The number of rotatable bonds is 3. The van der Waals surface area contributed by atoms with Crippen molar-refractivity contribution in [2.45, 2.75) is 44.2 Å². The Labute approximate surface area is 170 Å². The van der Waals surface area contributed by atoms with E-state index in [4.69, 9.17) is 0 Å². The Morgan fingerprint density at radius 1 is 1.04 bits per heavy atom. The Morgan fingerprint density at radius 3 is 2.25 bits per heavy atom. The van der Waals surface area contributed by atoms with Crippen molar-refractivity contribution >= 4 is 17.7 Å². The van der Waals surface area contributed by atoms with Crippen LogP contribution in [0.4, 0.5) is 0 Å². The lowest BCUT2D eigenvalue weighted by Crippen LogP contribution is -2.44. The lowest BCUT2D eigenvalue weighted by molar-refractivity contribution is 0.0546. The SMILES string of the molecule is CSc1ccc(C2c3c(-c4ccc(C)cc4)n[nH]c3C(=O)N2C(C)(C)C)cc1. The van der Waals surface area contributed by atoms with Gasteiger partial charge in [-0.3, -0.25) is 9.89 Å². The first-order valence-electron chi connectivity index (χ1n) is 9.44. The number of carbonyl (C=O) groups excluding carboxylic acids is 1. The van der Waals surface area contributed by atoms with Crippen LogP contribution in [0.5, 0.6) is 0 Å². The number of nitrogens with zero attached hydrogens (tertiary/aromatic N) is 2. The molecule has 1 unspecified atom stereocenters. The van der Waals surface area contributed by atoms with Crippen LogP contribution in [-0.4, -0.2) is 32.8 Å². The molecule has 3 aromatic rings. The molecule has 5 heteroatoms. The molecule has 1 aliphatic heterocycles. The predicted octanol–water partition coefficient (Wildman–Crippen LogP) is 5.45. The highest BCUT2D eigenvalue weighted by Crippen LogP contribution is 2.46. The fourth-order valence-corrected chi connectivity index (χ4v) is 4.28. The van der Waals surface area contributed by atoms with E-state index in [1.165, 1.54) is 10.5 Å². The molecule has 2 aromatic carbocycles. The molecule has 1 amide bonds. The van der Waals surface area contributed by atoms with Crippen molar-refractivity contribution in [1.29, 1.82) is 0 Å². The highest BCUT2D eigenvalue weighted by Gasteiger charge is 2.46. The normalized spacial score (nSPS) is 16.5. The Bertz CT molecular complexity index is 1010. The van der Waals surface area contributed by atoms with E-state index in [2.05, 4.69) is 92.7 Å². The van der Waals surface area contributed by atoms with Crippen LogP contribution in [0, 0.1) is 6.92 Å². The lowest BCUT2D eigenvalue weighted by atomic mass is 9.93. The van der Waals surface area contributed by atoms with Gasteiger partial charge in [-0.2, -0.15) is 5.10 Å². The molecule has 0 bridgehead atoms. The van der Waals surface area contributed by atoms with E-state index in [1.54, 1.807) is 11.8 Å². The van der Waals surface area contributed by atoms with Gasteiger partial charge in [0.25, 0.3) is 5.91 Å². The number of hydrogen-bond acceptors (Lipinski definition) is 3. The van der Waals surface area contributed by atoms with E-state index in [9.17, 15) is 4.79 Å². The molecule has 28 heavy (non-hydrogen) atoms. The Morgan fingerprint density at radius 2 is 1.68 bits per heavy atom. The number of hydrogen-bond donors (Lipinski definition) is 1. The highest BCUT2D eigenvalue weighted by molar-refractivity contribution is 7.98. The number of carbonyl (C=O) groups is 1. The maximum absolute atomic E-state index is 13.3. The fourth-order valence-electron chi connectivity index (χ4n) is 3.87. The minimum absolute atomic E-state index is 0.00676. The van der Waals surface area contributed by atoms with Gasteiger partial charge in [0.1, 0.15) is 5.69 Å². The number of aromatic amines is 1. The minimum Gasteiger partial charge on any atom is -0.321 e. The molecular formula is C23H25N3OS. The van der Waals surface area contributed by atoms with Gasteiger partial charge in [0.15, 0.2) is 0 Å². The zero-order valence-corrected chi connectivity index (χ0v) is 17.7. The van der Waals surface area contributed by atoms with Crippen LogP contribution >= 0.6 is 11.8 Å². The molecular weight excluding hydrogens is 366 g/mol. The number of aryl methyl sites for hydroxylation is 1. The Kier molecular flexibility index (Phi) is 4.58. The van der Waals surface area contributed by atoms with E-state index < -0.39 is 0 Å². The topological polar surface area (TPSA) is 49.0 Å². The molecule has 1 aromatic heterocycles. The molecule has 0 saturated heterocycles. The molecule has 0 radical (unpaired) electrons. The number of H-pyrrole nitrogens is 1. The minimum atomic E-state index is -0.315. The summed E-state index contributed by atoms with van der Waals surface area (Å²) in [7, 11) is 0. The van der Waals surface area contributed by atoms with Crippen LogP contribution < -0.4 is 0 Å². The summed E-state index contributed by atoms with van der Waals surface area (Å²) in [5.41, 5.74) is 5.45. The average Bonchev–Trinajstić information content (AvgIpc) is 3.21. The van der Waals surface area contributed by atoms with Crippen LogP contribution in [-0.2, 0) is 0 Å². The number of thioether (sulfide) groups is 1. The van der Waals surface area contributed by atoms with Crippen LogP contribution in [0.15, 0.2) is 53.4 Å². The molecule has 0 aliphatic carbocycles. The first-order valence-corrected chi connectivity index (χ1v) is 10.7. The van der Waals surface area contributed by atoms with Crippen molar-refractivity contribution in [1.82, 2.24) is 15.1 Å². The van der Waals surface area contributed by atoms with E-state index in [-0.39, 0.29) is 17.5 Å². The summed E-state index contributed by atoms with van der Waals surface area (Å²) in [6.45, 7) is 8.32. The van der Waals surface area contributed by atoms with Crippen molar-refractivity contribution in [3.8, 4) is 11.3 Å². The summed E-state index contributed by atoms with van der Waals surface area (Å²) in [5.74, 6) is 0.00676. The first-order chi connectivity index (χ1) is 13.3. The molecule has 1 N–H and O–H groups in total. The molecule has 0 fully saturated rings. The van der Waals surface area contributed by atoms with E-state index >= 15 is 0 Å². The summed E-state index contributed by atoms with van der Waals surface area (Å²) in [6.07, 6.45) is 2.07.